The average Bonchev–Trinajstić information content (AvgIpc) is 3.01. The molecule has 0 radical (unpaired) electrons. The quantitative estimate of drug-likeness (QED) is 0.912. The fraction of sp³-hybridized carbons (Fsp3) is 0.375. The van der Waals surface area contributed by atoms with Gasteiger partial charge in [0, 0.05) is 29.7 Å². The predicted octanol–water partition coefficient (Wildman–Crippen LogP) is 3.72. The molecule has 1 aliphatic rings. The number of hydrogen-bond acceptors (Lipinski definition) is 5. The molecule has 4 nitrogen and oxygen atoms in total. The minimum absolute atomic E-state index is 0.746. The van der Waals surface area contributed by atoms with Crippen LogP contribution in [0.1, 0.15) is 24.6 Å². The second-order valence-corrected chi connectivity index (χ2v) is 5.92. The van der Waals surface area contributed by atoms with E-state index in [1.54, 1.807) is 0 Å². The first-order chi connectivity index (χ1) is 10.3. The number of aromatic nitrogens is 2. The summed E-state index contributed by atoms with van der Waals surface area (Å²) in [5.41, 5.74) is 3.42. The van der Waals surface area contributed by atoms with Crippen LogP contribution >= 0.6 is 11.8 Å². The molecule has 1 aromatic heterocycles. The second kappa shape index (κ2) is 6.35. The lowest BCUT2D eigenvalue weighted by atomic mass is 10.2. The van der Waals surface area contributed by atoms with E-state index in [1.807, 2.05) is 43.1 Å². The first-order valence-corrected chi connectivity index (χ1v) is 8.35. The highest BCUT2D eigenvalue weighted by Gasteiger charge is 2.19. The summed E-state index contributed by atoms with van der Waals surface area (Å²) in [6.45, 7) is 2.85. The van der Waals surface area contributed by atoms with Crippen molar-refractivity contribution in [3.05, 3.63) is 35.5 Å². The Morgan fingerprint density at radius 2 is 2.00 bits per heavy atom. The molecule has 110 valence electrons. The van der Waals surface area contributed by atoms with Crippen molar-refractivity contribution in [1.29, 1.82) is 0 Å². The van der Waals surface area contributed by atoms with E-state index in [9.17, 15) is 0 Å². The topological polar surface area (TPSA) is 47.0 Å². The van der Waals surface area contributed by atoms with E-state index in [-0.39, 0.29) is 0 Å². The smallest absolute Gasteiger partial charge is 0.161 e. The van der Waals surface area contributed by atoms with Gasteiger partial charge in [0.2, 0.25) is 0 Å². The number of hydrogen-bond donors (Lipinski definition) is 1. The summed E-state index contributed by atoms with van der Waals surface area (Å²) < 4.78 is 5.61. The van der Waals surface area contributed by atoms with Gasteiger partial charge in [0.05, 0.1) is 12.3 Å². The lowest BCUT2D eigenvalue weighted by Gasteiger charge is -2.10. The Labute approximate surface area is 129 Å². The predicted molar refractivity (Wildman–Crippen MR) is 87.8 cm³/mol. The molecule has 0 saturated heterocycles. The number of ether oxygens (including phenoxy) is 1. The summed E-state index contributed by atoms with van der Waals surface area (Å²) in [6.07, 6.45) is 1.01. The molecule has 0 atom stereocenters. The normalized spacial score (nSPS) is 13.0. The zero-order valence-electron chi connectivity index (χ0n) is 12.3. The van der Waals surface area contributed by atoms with E-state index in [4.69, 9.17) is 9.72 Å². The fourth-order valence-electron chi connectivity index (χ4n) is 2.31. The molecule has 0 amide bonds. The molecule has 1 N–H and O–H groups in total. The number of benzene rings is 1. The Hall–Kier alpha value is -1.75. The Balaban J connectivity index is 1.90. The maximum absolute atomic E-state index is 5.61. The summed E-state index contributed by atoms with van der Waals surface area (Å²) in [6, 6.07) is 8.01. The molecule has 3 rings (SSSR count). The van der Waals surface area contributed by atoms with E-state index in [0.717, 1.165) is 53.2 Å². The first-order valence-electron chi connectivity index (χ1n) is 7.20. The van der Waals surface area contributed by atoms with Gasteiger partial charge < -0.3 is 10.1 Å². The Morgan fingerprint density at radius 3 is 2.71 bits per heavy atom. The second-order valence-electron chi connectivity index (χ2n) is 4.94. The molecule has 21 heavy (non-hydrogen) atoms. The van der Waals surface area contributed by atoms with Crippen molar-refractivity contribution in [2.75, 3.05) is 19.0 Å². The van der Waals surface area contributed by atoms with Crippen molar-refractivity contribution in [3.8, 4) is 17.1 Å². The zero-order chi connectivity index (χ0) is 14.7. The summed E-state index contributed by atoms with van der Waals surface area (Å²) >= 11 is 1.89. The maximum atomic E-state index is 5.61. The largest absolute Gasteiger partial charge is 0.494 e. The van der Waals surface area contributed by atoms with Crippen molar-refractivity contribution in [2.24, 2.45) is 0 Å². The molecule has 2 aromatic rings. The van der Waals surface area contributed by atoms with Crippen LogP contribution in [0.4, 0.5) is 5.82 Å². The van der Waals surface area contributed by atoms with Gasteiger partial charge in [-0.15, -0.1) is 0 Å². The van der Waals surface area contributed by atoms with Gasteiger partial charge in [-0.05, 0) is 30.7 Å². The number of fused-ring (bicyclic) bond motifs is 1. The van der Waals surface area contributed by atoms with Gasteiger partial charge in [-0.25, -0.2) is 9.97 Å². The number of nitrogens with one attached hydrogen (secondary N) is 1. The van der Waals surface area contributed by atoms with Crippen molar-refractivity contribution in [1.82, 2.24) is 9.97 Å². The van der Waals surface area contributed by atoms with Gasteiger partial charge in [0.15, 0.2) is 5.82 Å². The molecular weight excluding hydrogens is 282 g/mol. The van der Waals surface area contributed by atoms with Crippen LogP contribution in [0.2, 0.25) is 0 Å². The molecule has 5 heteroatoms. The standard InChI is InChI=1S/C16H19N3OS/c1-3-8-20-12-6-4-11(5-7-12)15-18-14-10-21-9-13(14)16(17-2)19-15/h4-7H,3,8-10H2,1-2H3,(H,17,18,19). The van der Waals surface area contributed by atoms with Crippen molar-refractivity contribution < 1.29 is 4.74 Å². The van der Waals surface area contributed by atoms with Crippen LogP contribution in [0.25, 0.3) is 11.4 Å². The number of anilines is 1. The molecule has 1 aliphatic heterocycles. The summed E-state index contributed by atoms with van der Waals surface area (Å²) in [4.78, 5) is 9.36. The first kappa shape index (κ1) is 14.2. The van der Waals surface area contributed by atoms with Gasteiger partial charge in [-0.3, -0.25) is 0 Å². The van der Waals surface area contributed by atoms with Crippen molar-refractivity contribution in [3.63, 3.8) is 0 Å². The lowest BCUT2D eigenvalue weighted by Crippen LogP contribution is -2.03. The van der Waals surface area contributed by atoms with Crippen LogP contribution in [0.5, 0.6) is 5.75 Å². The molecule has 0 saturated carbocycles. The summed E-state index contributed by atoms with van der Waals surface area (Å²) in [7, 11) is 1.91. The van der Waals surface area contributed by atoms with Crippen LogP contribution in [-0.4, -0.2) is 23.6 Å². The van der Waals surface area contributed by atoms with Crippen LogP contribution in [0, 0.1) is 0 Å². The third-order valence-electron chi connectivity index (χ3n) is 3.40. The van der Waals surface area contributed by atoms with Crippen LogP contribution in [0.3, 0.4) is 0 Å². The monoisotopic (exact) mass is 301 g/mol. The fourth-order valence-corrected chi connectivity index (χ4v) is 3.35. The van der Waals surface area contributed by atoms with E-state index >= 15 is 0 Å². The minimum Gasteiger partial charge on any atom is -0.494 e. The molecule has 0 bridgehead atoms. The van der Waals surface area contributed by atoms with Crippen molar-refractivity contribution in [2.45, 2.75) is 24.9 Å². The van der Waals surface area contributed by atoms with Crippen molar-refractivity contribution >= 4 is 17.6 Å². The Morgan fingerprint density at radius 1 is 1.19 bits per heavy atom. The summed E-state index contributed by atoms with van der Waals surface area (Å²) in [5.74, 6) is 4.59. The highest BCUT2D eigenvalue weighted by molar-refractivity contribution is 7.98. The zero-order valence-corrected chi connectivity index (χ0v) is 13.2. The average molecular weight is 301 g/mol. The minimum atomic E-state index is 0.746. The SMILES string of the molecule is CCCOc1ccc(-c2nc3c(c(NC)n2)CSC3)cc1. The van der Waals surface area contributed by atoms with Crippen LogP contribution in [-0.2, 0) is 11.5 Å². The summed E-state index contributed by atoms with van der Waals surface area (Å²) in [5, 5.41) is 3.19. The van der Waals surface area contributed by atoms with Gasteiger partial charge >= 0.3 is 0 Å². The van der Waals surface area contributed by atoms with E-state index in [0.29, 0.717) is 0 Å². The molecule has 1 aromatic carbocycles. The van der Waals surface area contributed by atoms with Crippen LogP contribution in [0.15, 0.2) is 24.3 Å². The van der Waals surface area contributed by atoms with Gasteiger partial charge in [0.1, 0.15) is 11.6 Å². The highest BCUT2D eigenvalue weighted by atomic mass is 32.2. The van der Waals surface area contributed by atoms with Gasteiger partial charge in [-0.2, -0.15) is 11.8 Å². The van der Waals surface area contributed by atoms with Gasteiger partial charge in [0.25, 0.3) is 0 Å². The number of rotatable bonds is 5. The highest BCUT2D eigenvalue weighted by Crippen LogP contribution is 2.34. The molecule has 2 heterocycles. The number of nitrogens with zero attached hydrogens (tertiary/aromatic N) is 2. The molecule has 0 aliphatic carbocycles. The molecular formula is C16H19N3OS. The molecule has 0 unspecified atom stereocenters. The third kappa shape index (κ3) is 2.97. The lowest BCUT2D eigenvalue weighted by molar-refractivity contribution is 0.317. The maximum Gasteiger partial charge on any atom is 0.161 e. The van der Waals surface area contributed by atoms with E-state index < -0.39 is 0 Å². The van der Waals surface area contributed by atoms with E-state index in [1.165, 1.54) is 5.56 Å². The van der Waals surface area contributed by atoms with Gasteiger partial charge in [-0.1, -0.05) is 6.92 Å². The van der Waals surface area contributed by atoms with E-state index in [2.05, 4.69) is 17.2 Å². The number of thioether (sulfide) groups is 1. The Bertz CT molecular complexity index is 628. The molecule has 0 fully saturated rings. The Kier molecular flexibility index (Phi) is 4.29. The van der Waals surface area contributed by atoms with Crippen LogP contribution < -0.4 is 10.1 Å². The third-order valence-corrected chi connectivity index (χ3v) is 4.37. The molecule has 0 spiro atoms.